The molecule has 3 aromatic rings. The number of hydrogen-bond acceptors (Lipinski definition) is 4. The number of rotatable bonds is 2. The van der Waals surface area contributed by atoms with Gasteiger partial charge in [0.05, 0.1) is 20.8 Å². The molecule has 0 saturated heterocycles. The first-order valence-electron chi connectivity index (χ1n) is 6.56. The summed E-state index contributed by atoms with van der Waals surface area (Å²) in [5.74, 6) is -0.774. The standard InChI is InChI=1S/C15H8BrClFN3OS2/c16-7-1-3-10(17)9(5-7)13(22)20-14(23)21-15-19-11-4-2-8(18)6-12(11)24-15/h1-6H,(H2,19,20,21,22,23). The van der Waals surface area contributed by atoms with E-state index >= 15 is 0 Å². The van der Waals surface area contributed by atoms with Crippen LogP contribution in [0, 0.1) is 5.82 Å². The second-order valence-electron chi connectivity index (χ2n) is 4.66. The average Bonchev–Trinajstić information content (AvgIpc) is 2.90. The fraction of sp³-hybridized carbons (Fsp3) is 0. The summed E-state index contributed by atoms with van der Waals surface area (Å²) < 4.78 is 14.6. The first-order valence-corrected chi connectivity index (χ1v) is 8.95. The summed E-state index contributed by atoms with van der Waals surface area (Å²) in [7, 11) is 0. The van der Waals surface area contributed by atoms with Crippen molar-refractivity contribution >= 4 is 77.5 Å². The molecule has 0 bridgehead atoms. The molecule has 0 aliphatic carbocycles. The van der Waals surface area contributed by atoms with Crippen LogP contribution in [0.25, 0.3) is 10.2 Å². The number of carbonyl (C=O) groups excluding carboxylic acids is 1. The highest BCUT2D eigenvalue weighted by Gasteiger charge is 2.13. The van der Waals surface area contributed by atoms with E-state index < -0.39 is 5.91 Å². The lowest BCUT2D eigenvalue weighted by molar-refractivity contribution is 0.0978. The predicted octanol–water partition coefficient (Wildman–Crippen LogP) is 4.98. The number of benzene rings is 2. The van der Waals surface area contributed by atoms with Crippen molar-refractivity contribution in [3.63, 3.8) is 0 Å². The number of fused-ring (bicyclic) bond motifs is 1. The van der Waals surface area contributed by atoms with Gasteiger partial charge >= 0.3 is 0 Å². The summed E-state index contributed by atoms with van der Waals surface area (Å²) in [5, 5.41) is 6.20. The summed E-state index contributed by atoms with van der Waals surface area (Å²) >= 11 is 15.6. The summed E-state index contributed by atoms with van der Waals surface area (Å²) in [5.41, 5.74) is 0.939. The van der Waals surface area contributed by atoms with Crippen LogP contribution in [0.2, 0.25) is 5.02 Å². The number of halogens is 3. The Balaban J connectivity index is 1.72. The molecule has 4 nitrogen and oxygen atoms in total. The van der Waals surface area contributed by atoms with Gasteiger partial charge in [-0.15, -0.1) is 0 Å². The summed E-state index contributed by atoms with van der Waals surface area (Å²) in [6, 6.07) is 9.24. The quantitative estimate of drug-likeness (QED) is 0.548. The van der Waals surface area contributed by atoms with Crippen LogP contribution in [-0.4, -0.2) is 16.0 Å². The van der Waals surface area contributed by atoms with E-state index in [-0.39, 0.29) is 10.9 Å². The van der Waals surface area contributed by atoms with Crippen molar-refractivity contribution in [1.82, 2.24) is 10.3 Å². The Bertz CT molecular complexity index is 963. The molecule has 0 spiro atoms. The Morgan fingerprint density at radius 1 is 1.29 bits per heavy atom. The van der Waals surface area contributed by atoms with Gasteiger partial charge in [-0.1, -0.05) is 38.9 Å². The molecule has 0 aliphatic rings. The number of carbonyl (C=O) groups is 1. The third-order valence-electron chi connectivity index (χ3n) is 2.97. The van der Waals surface area contributed by atoms with Crippen LogP contribution in [0.1, 0.15) is 10.4 Å². The number of nitrogens with zero attached hydrogens (tertiary/aromatic N) is 1. The largest absolute Gasteiger partial charge is 0.308 e. The molecular formula is C15H8BrClFN3OS2. The minimum atomic E-state index is -0.439. The SMILES string of the molecule is O=C(NC(=S)Nc1nc2ccc(F)cc2s1)c1cc(Br)ccc1Cl. The Morgan fingerprint density at radius 3 is 2.88 bits per heavy atom. The van der Waals surface area contributed by atoms with Gasteiger partial charge in [0.2, 0.25) is 0 Å². The Kier molecular flexibility index (Phi) is 5.09. The van der Waals surface area contributed by atoms with Crippen LogP contribution in [0.5, 0.6) is 0 Å². The topological polar surface area (TPSA) is 54.0 Å². The summed E-state index contributed by atoms with van der Waals surface area (Å²) in [6.07, 6.45) is 0. The van der Waals surface area contributed by atoms with Crippen molar-refractivity contribution in [3.8, 4) is 0 Å². The van der Waals surface area contributed by atoms with E-state index in [0.717, 1.165) is 4.47 Å². The van der Waals surface area contributed by atoms with E-state index in [0.29, 0.717) is 25.9 Å². The van der Waals surface area contributed by atoms with Crippen molar-refractivity contribution in [2.75, 3.05) is 5.32 Å². The summed E-state index contributed by atoms with van der Waals surface area (Å²) in [6.45, 7) is 0. The fourth-order valence-electron chi connectivity index (χ4n) is 1.92. The zero-order chi connectivity index (χ0) is 17.3. The second kappa shape index (κ2) is 7.10. The molecule has 0 radical (unpaired) electrons. The molecule has 0 unspecified atom stereocenters. The van der Waals surface area contributed by atoms with Crippen LogP contribution in [0.4, 0.5) is 9.52 Å². The number of aromatic nitrogens is 1. The number of nitrogens with one attached hydrogen (secondary N) is 2. The molecule has 0 atom stereocenters. The highest BCUT2D eigenvalue weighted by atomic mass is 79.9. The maximum Gasteiger partial charge on any atom is 0.258 e. The van der Waals surface area contributed by atoms with Gasteiger partial charge in [0.1, 0.15) is 5.82 Å². The Morgan fingerprint density at radius 2 is 2.08 bits per heavy atom. The molecule has 2 N–H and O–H groups in total. The van der Waals surface area contributed by atoms with Gasteiger partial charge in [0.15, 0.2) is 10.2 Å². The smallest absolute Gasteiger partial charge is 0.258 e. The van der Waals surface area contributed by atoms with Crippen molar-refractivity contribution in [1.29, 1.82) is 0 Å². The van der Waals surface area contributed by atoms with E-state index in [9.17, 15) is 9.18 Å². The third-order valence-corrected chi connectivity index (χ3v) is 4.93. The number of amides is 1. The van der Waals surface area contributed by atoms with E-state index in [1.165, 1.54) is 23.5 Å². The van der Waals surface area contributed by atoms with E-state index in [1.54, 1.807) is 24.3 Å². The van der Waals surface area contributed by atoms with Crippen LogP contribution in [-0.2, 0) is 0 Å². The van der Waals surface area contributed by atoms with E-state index in [1.807, 2.05) is 0 Å². The molecule has 24 heavy (non-hydrogen) atoms. The lowest BCUT2D eigenvalue weighted by atomic mass is 10.2. The number of thiocarbonyl (C=S) groups is 1. The number of thiazole rings is 1. The van der Waals surface area contributed by atoms with Gasteiger partial charge in [-0.25, -0.2) is 9.37 Å². The Hall–Kier alpha value is -1.61. The highest BCUT2D eigenvalue weighted by molar-refractivity contribution is 9.10. The van der Waals surface area contributed by atoms with Crippen molar-refractivity contribution in [2.24, 2.45) is 0 Å². The first-order chi connectivity index (χ1) is 11.4. The predicted molar refractivity (Wildman–Crippen MR) is 102 cm³/mol. The number of anilines is 1. The fourth-order valence-corrected chi connectivity index (χ4v) is 3.64. The number of hydrogen-bond donors (Lipinski definition) is 2. The summed E-state index contributed by atoms with van der Waals surface area (Å²) in [4.78, 5) is 16.5. The van der Waals surface area contributed by atoms with Gasteiger partial charge in [-0.05, 0) is 48.6 Å². The van der Waals surface area contributed by atoms with Crippen molar-refractivity contribution in [3.05, 3.63) is 57.3 Å². The normalized spacial score (nSPS) is 10.6. The molecular weight excluding hydrogens is 437 g/mol. The molecule has 0 aliphatic heterocycles. The zero-order valence-electron chi connectivity index (χ0n) is 11.8. The highest BCUT2D eigenvalue weighted by Crippen LogP contribution is 2.26. The molecule has 1 aromatic heterocycles. The van der Waals surface area contributed by atoms with Gasteiger partial charge in [-0.3, -0.25) is 10.1 Å². The Labute approximate surface area is 159 Å². The lowest BCUT2D eigenvalue weighted by Crippen LogP contribution is -2.34. The van der Waals surface area contributed by atoms with Gasteiger partial charge in [0.25, 0.3) is 5.91 Å². The molecule has 9 heteroatoms. The molecule has 2 aromatic carbocycles. The van der Waals surface area contributed by atoms with Gasteiger partial charge < -0.3 is 5.32 Å². The maximum atomic E-state index is 13.2. The van der Waals surface area contributed by atoms with Crippen LogP contribution >= 0.6 is 51.1 Å². The molecule has 0 fully saturated rings. The van der Waals surface area contributed by atoms with Crippen molar-refractivity contribution in [2.45, 2.75) is 0 Å². The lowest BCUT2D eigenvalue weighted by Gasteiger charge is -2.08. The molecule has 1 amide bonds. The minimum absolute atomic E-state index is 0.0792. The van der Waals surface area contributed by atoms with Gasteiger partial charge in [-0.2, -0.15) is 0 Å². The second-order valence-corrected chi connectivity index (χ2v) is 7.43. The molecule has 122 valence electrons. The minimum Gasteiger partial charge on any atom is -0.308 e. The monoisotopic (exact) mass is 443 g/mol. The average molecular weight is 445 g/mol. The van der Waals surface area contributed by atoms with Gasteiger partial charge in [0, 0.05) is 4.47 Å². The van der Waals surface area contributed by atoms with Crippen LogP contribution in [0.15, 0.2) is 40.9 Å². The van der Waals surface area contributed by atoms with Crippen LogP contribution < -0.4 is 10.6 Å². The molecule has 3 rings (SSSR count). The maximum absolute atomic E-state index is 13.2. The molecule has 1 heterocycles. The first kappa shape index (κ1) is 17.2. The third kappa shape index (κ3) is 3.89. The van der Waals surface area contributed by atoms with E-state index in [4.69, 9.17) is 23.8 Å². The molecule has 0 saturated carbocycles. The van der Waals surface area contributed by atoms with E-state index in [2.05, 4.69) is 31.5 Å². The van der Waals surface area contributed by atoms with Crippen LogP contribution in [0.3, 0.4) is 0 Å². The van der Waals surface area contributed by atoms with Crippen molar-refractivity contribution < 1.29 is 9.18 Å². The zero-order valence-corrected chi connectivity index (χ0v) is 15.7.